The second-order valence-electron chi connectivity index (χ2n) is 7.45. The second-order valence-corrected chi connectivity index (χ2v) is 7.45. The number of benzene rings is 2. The first-order chi connectivity index (χ1) is 15.3. The lowest BCUT2D eigenvalue weighted by atomic mass is 10.1. The Morgan fingerprint density at radius 1 is 0.906 bits per heavy atom. The van der Waals surface area contributed by atoms with Gasteiger partial charge in [0, 0.05) is 23.5 Å². The zero-order valence-electron chi connectivity index (χ0n) is 18.6. The molecule has 0 unspecified atom stereocenters. The van der Waals surface area contributed by atoms with Gasteiger partial charge in [-0.05, 0) is 55.3 Å². The molecular formula is C25H26FNO5. The number of halogens is 1. The predicted molar refractivity (Wildman–Crippen MR) is 118 cm³/mol. The molecule has 0 fully saturated rings. The molecule has 0 radical (unpaired) electrons. The monoisotopic (exact) mass is 439 g/mol. The lowest BCUT2D eigenvalue weighted by molar-refractivity contribution is -0.141. The molecule has 3 aromatic rings. The number of ketones is 1. The van der Waals surface area contributed by atoms with E-state index in [9.17, 15) is 14.0 Å². The van der Waals surface area contributed by atoms with Gasteiger partial charge in [0.15, 0.2) is 18.1 Å². The minimum Gasteiger partial charge on any atom is -0.493 e. The molecule has 1 aromatic heterocycles. The summed E-state index contributed by atoms with van der Waals surface area (Å²) in [6, 6.07) is 13.2. The number of methoxy groups -OCH3 is 2. The van der Waals surface area contributed by atoms with Crippen LogP contribution >= 0.6 is 0 Å². The van der Waals surface area contributed by atoms with Crippen LogP contribution in [-0.4, -0.2) is 37.1 Å². The van der Waals surface area contributed by atoms with Gasteiger partial charge in [-0.2, -0.15) is 0 Å². The Balaban J connectivity index is 1.62. The van der Waals surface area contributed by atoms with Crippen LogP contribution in [0.25, 0.3) is 0 Å². The number of hydrogen-bond donors (Lipinski definition) is 0. The van der Waals surface area contributed by atoms with Crippen LogP contribution in [0.1, 0.15) is 32.9 Å². The first kappa shape index (κ1) is 23.1. The van der Waals surface area contributed by atoms with Gasteiger partial charge in [-0.3, -0.25) is 9.59 Å². The molecule has 168 valence electrons. The van der Waals surface area contributed by atoms with Crippen LogP contribution in [0.4, 0.5) is 4.39 Å². The second kappa shape index (κ2) is 10.1. The number of carbonyl (C=O) groups is 2. The van der Waals surface area contributed by atoms with E-state index in [1.54, 1.807) is 36.4 Å². The summed E-state index contributed by atoms with van der Waals surface area (Å²) in [5.74, 6) is 0.00790. The Morgan fingerprint density at radius 2 is 1.56 bits per heavy atom. The number of nitrogens with zero attached hydrogens (tertiary/aromatic N) is 1. The molecule has 1 heterocycles. The van der Waals surface area contributed by atoms with E-state index in [0.29, 0.717) is 29.2 Å². The topological polar surface area (TPSA) is 66.8 Å². The van der Waals surface area contributed by atoms with Crippen LogP contribution in [0.5, 0.6) is 11.5 Å². The Labute approximate surface area is 186 Å². The maximum atomic E-state index is 13.1. The molecule has 0 atom stereocenters. The highest BCUT2D eigenvalue weighted by Gasteiger charge is 2.18. The number of rotatable bonds is 9. The smallest absolute Gasteiger partial charge is 0.310 e. The van der Waals surface area contributed by atoms with Crippen LogP contribution in [0, 0.1) is 19.7 Å². The third-order valence-corrected chi connectivity index (χ3v) is 5.29. The molecule has 7 heteroatoms. The Bertz CT molecular complexity index is 1120. The average Bonchev–Trinajstić information content (AvgIpc) is 3.07. The fourth-order valence-electron chi connectivity index (χ4n) is 3.53. The van der Waals surface area contributed by atoms with Crippen molar-refractivity contribution < 1.29 is 28.2 Å². The zero-order chi connectivity index (χ0) is 23.3. The molecule has 0 amide bonds. The highest BCUT2D eigenvalue weighted by Crippen LogP contribution is 2.27. The summed E-state index contributed by atoms with van der Waals surface area (Å²) in [6.45, 7) is 3.92. The average molecular weight is 439 g/mol. The lowest BCUT2D eigenvalue weighted by Gasteiger charge is -2.10. The molecule has 32 heavy (non-hydrogen) atoms. The third kappa shape index (κ3) is 5.35. The van der Waals surface area contributed by atoms with Crippen molar-refractivity contribution in [3.05, 3.63) is 82.4 Å². The van der Waals surface area contributed by atoms with Crippen molar-refractivity contribution in [1.29, 1.82) is 0 Å². The maximum absolute atomic E-state index is 13.1. The standard InChI is InChI=1S/C25H26FNO5/c1-16-11-21(17(2)27(16)14-18-5-8-20(26)9-6-18)22(28)15-32-25(29)13-19-7-10-23(30-3)24(12-19)31-4/h5-12H,13-15H2,1-4H3. The number of aryl methyl sites for hydroxylation is 1. The first-order valence-electron chi connectivity index (χ1n) is 10.1. The van der Waals surface area contributed by atoms with Gasteiger partial charge in [0.25, 0.3) is 0 Å². The quantitative estimate of drug-likeness (QED) is 0.368. The van der Waals surface area contributed by atoms with Crippen molar-refractivity contribution in [2.24, 2.45) is 0 Å². The zero-order valence-corrected chi connectivity index (χ0v) is 18.6. The molecule has 0 spiro atoms. The Morgan fingerprint density at radius 3 is 2.22 bits per heavy atom. The summed E-state index contributed by atoms with van der Waals surface area (Å²) in [4.78, 5) is 24.9. The Kier molecular flexibility index (Phi) is 7.30. The highest BCUT2D eigenvalue weighted by molar-refractivity contribution is 5.99. The third-order valence-electron chi connectivity index (χ3n) is 5.29. The SMILES string of the molecule is COc1ccc(CC(=O)OCC(=O)c2cc(C)n(Cc3ccc(F)cc3)c2C)cc1OC. The van der Waals surface area contributed by atoms with Crippen molar-refractivity contribution in [3.8, 4) is 11.5 Å². The van der Waals surface area contributed by atoms with Gasteiger partial charge in [0.05, 0.1) is 20.6 Å². The van der Waals surface area contributed by atoms with E-state index < -0.39 is 5.97 Å². The molecule has 0 saturated carbocycles. The molecule has 0 aliphatic rings. The van der Waals surface area contributed by atoms with E-state index >= 15 is 0 Å². The van der Waals surface area contributed by atoms with Crippen molar-refractivity contribution in [3.63, 3.8) is 0 Å². The van der Waals surface area contributed by atoms with Gasteiger partial charge < -0.3 is 18.8 Å². The van der Waals surface area contributed by atoms with Crippen molar-refractivity contribution in [2.75, 3.05) is 20.8 Å². The molecule has 3 rings (SSSR count). The molecule has 0 aliphatic heterocycles. The van der Waals surface area contributed by atoms with Crippen molar-refractivity contribution >= 4 is 11.8 Å². The van der Waals surface area contributed by atoms with Crippen LogP contribution in [0.15, 0.2) is 48.5 Å². The van der Waals surface area contributed by atoms with Gasteiger partial charge in [-0.15, -0.1) is 0 Å². The number of carbonyl (C=O) groups excluding carboxylic acids is 2. The van der Waals surface area contributed by atoms with E-state index in [-0.39, 0.29) is 24.6 Å². The van der Waals surface area contributed by atoms with Crippen LogP contribution in [0.2, 0.25) is 0 Å². The first-order valence-corrected chi connectivity index (χ1v) is 10.1. The molecule has 0 N–H and O–H groups in total. The number of esters is 1. The minimum absolute atomic E-state index is 0.0111. The van der Waals surface area contributed by atoms with Crippen molar-refractivity contribution in [2.45, 2.75) is 26.8 Å². The molecule has 0 saturated heterocycles. The lowest BCUT2D eigenvalue weighted by Crippen LogP contribution is -2.16. The molecule has 6 nitrogen and oxygen atoms in total. The fourth-order valence-corrected chi connectivity index (χ4v) is 3.53. The van der Waals surface area contributed by atoms with Crippen LogP contribution in [0.3, 0.4) is 0 Å². The van der Waals surface area contributed by atoms with E-state index in [1.807, 2.05) is 18.4 Å². The van der Waals surface area contributed by atoms with Crippen LogP contribution in [-0.2, 0) is 22.5 Å². The molecule has 0 aliphatic carbocycles. The van der Waals surface area contributed by atoms with E-state index in [2.05, 4.69) is 0 Å². The minimum atomic E-state index is -0.509. The summed E-state index contributed by atoms with van der Waals surface area (Å²) in [6.07, 6.45) is 0.0111. The number of Topliss-reactive ketones (excluding diaryl/α,β-unsaturated/α-hetero) is 1. The number of aromatic nitrogens is 1. The summed E-state index contributed by atoms with van der Waals surface area (Å²) >= 11 is 0. The summed E-state index contributed by atoms with van der Waals surface area (Å²) < 4.78 is 30.8. The van der Waals surface area contributed by atoms with E-state index in [0.717, 1.165) is 17.0 Å². The normalized spacial score (nSPS) is 10.7. The summed E-state index contributed by atoms with van der Waals surface area (Å²) in [5.41, 5.74) is 3.79. The summed E-state index contributed by atoms with van der Waals surface area (Å²) in [5, 5.41) is 0. The number of hydrogen-bond acceptors (Lipinski definition) is 5. The fraction of sp³-hybridized carbons (Fsp3) is 0.280. The van der Waals surface area contributed by atoms with Gasteiger partial charge in [-0.25, -0.2) is 4.39 Å². The Hall–Kier alpha value is -3.61. The van der Waals surface area contributed by atoms with Gasteiger partial charge in [0.1, 0.15) is 5.82 Å². The highest BCUT2D eigenvalue weighted by atomic mass is 19.1. The largest absolute Gasteiger partial charge is 0.493 e. The van der Waals surface area contributed by atoms with E-state index in [4.69, 9.17) is 14.2 Å². The maximum Gasteiger partial charge on any atom is 0.310 e. The molecule has 2 aromatic carbocycles. The molecular weight excluding hydrogens is 413 g/mol. The van der Waals surface area contributed by atoms with Crippen LogP contribution < -0.4 is 9.47 Å². The van der Waals surface area contributed by atoms with E-state index in [1.165, 1.54) is 26.4 Å². The van der Waals surface area contributed by atoms with Gasteiger partial charge in [-0.1, -0.05) is 18.2 Å². The van der Waals surface area contributed by atoms with Gasteiger partial charge >= 0.3 is 5.97 Å². The summed E-state index contributed by atoms with van der Waals surface area (Å²) in [7, 11) is 3.05. The predicted octanol–water partition coefficient (Wildman–Crippen LogP) is 4.28. The van der Waals surface area contributed by atoms with Crippen molar-refractivity contribution in [1.82, 2.24) is 4.57 Å². The molecule has 0 bridgehead atoms. The number of ether oxygens (including phenoxy) is 3. The van der Waals surface area contributed by atoms with Gasteiger partial charge in [0.2, 0.25) is 5.78 Å².